The van der Waals surface area contributed by atoms with Gasteiger partial charge in [-0.2, -0.15) is 0 Å². The van der Waals surface area contributed by atoms with Gasteiger partial charge in [0.15, 0.2) is 0 Å². The van der Waals surface area contributed by atoms with Crippen LogP contribution in [0, 0.1) is 0 Å². The van der Waals surface area contributed by atoms with Crippen molar-refractivity contribution in [3.8, 4) is 0 Å². The van der Waals surface area contributed by atoms with Gasteiger partial charge in [-0.1, -0.05) is 6.08 Å². The summed E-state index contributed by atoms with van der Waals surface area (Å²) in [5, 5.41) is 5.85. The molecule has 0 aliphatic carbocycles. The van der Waals surface area contributed by atoms with Crippen LogP contribution in [-0.2, 0) is 4.79 Å². The van der Waals surface area contributed by atoms with Gasteiger partial charge in [0.2, 0.25) is 5.91 Å². The molecule has 0 aromatic carbocycles. The fourth-order valence-electron chi connectivity index (χ4n) is 1.01. The predicted octanol–water partition coefficient (Wildman–Crippen LogP) is -0.349. The lowest BCUT2D eigenvalue weighted by molar-refractivity contribution is -0.124. The van der Waals surface area contributed by atoms with E-state index in [0.29, 0.717) is 6.42 Å². The van der Waals surface area contributed by atoms with E-state index in [9.17, 15) is 4.79 Å². The highest BCUT2D eigenvalue weighted by Gasteiger charge is 2.18. The van der Waals surface area contributed by atoms with E-state index in [0.717, 1.165) is 13.1 Å². The fraction of sp³-hybridized carbons (Fsp3) is 0.571. The minimum Gasteiger partial charge on any atom is -0.353 e. The van der Waals surface area contributed by atoms with Crippen molar-refractivity contribution >= 4 is 5.91 Å². The van der Waals surface area contributed by atoms with Crippen LogP contribution in [0.3, 0.4) is 0 Å². The molecule has 1 aliphatic heterocycles. The molecule has 1 unspecified atom stereocenters. The number of piperazine rings is 1. The molecular formula is C7H12N2O. The molecule has 0 bridgehead atoms. The Morgan fingerprint density at radius 2 is 2.50 bits per heavy atom. The van der Waals surface area contributed by atoms with Crippen molar-refractivity contribution in [1.82, 2.24) is 10.6 Å². The zero-order valence-electron chi connectivity index (χ0n) is 5.89. The Kier molecular flexibility index (Phi) is 2.45. The van der Waals surface area contributed by atoms with Crippen LogP contribution in [0.2, 0.25) is 0 Å². The molecule has 0 radical (unpaired) electrons. The minimum atomic E-state index is -0.0498. The standard InChI is InChI=1S/C7H12N2O/c1-2-3-6-7(10)9-5-4-8-6/h2,6,8H,1,3-5H2,(H,9,10). The van der Waals surface area contributed by atoms with Crippen LogP contribution in [0.4, 0.5) is 0 Å². The maximum atomic E-state index is 11.0. The van der Waals surface area contributed by atoms with Crippen LogP contribution in [0.15, 0.2) is 12.7 Å². The Morgan fingerprint density at radius 3 is 3.10 bits per heavy atom. The van der Waals surface area contributed by atoms with Crippen molar-refractivity contribution < 1.29 is 4.79 Å². The van der Waals surface area contributed by atoms with Crippen LogP contribution < -0.4 is 10.6 Å². The third-order valence-electron chi connectivity index (χ3n) is 1.53. The normalized spacial score (nSPS) is 25.6. The van der Waals surface area contributed by atoms with Gasteiger partial charge < -0.3 is 10.6 Å². The zero-order valence-corrected chi connectivity index (χ0v) is 5.89. The van der Waals surface area contributed by atoms with E-state index in [1.165, 1.54) is 0 Å². The van der Waals surface area contributed by atoms with Gasteiger partial charge in [0, 0.05) is 13.1 Å². The number of hydrogen-bond acceptors (Lipinski definition) is 2. The van der Waals surface area contributed by atoms with E-state index in [1.807, 2.05) is 0 Å². The van der Waals surface area contributed by atoms with Crippen LogP contribution in [-0.4, -0.2) is 25.0 Å². The molecule has 0 aromatic heterocycles. The molecule has 0 spiro atoms. The quantitative estimate of drug-likeness (QED) is 0.515. The van der Waals surface area contributed by atoms with Gasteiger partial charge >= 0.3 is 0 Å². The van der Waals surface area contributed by atoms with Crippen molar-refractivity contribution in [2.75, 3.05) is 13.1 Å². The van der Waals surface area contributed by atoms with Crippen molar-refractivity contribution in [2.45, 2.75) is 12.5 Å². The summed E-state index contributed by atoms with van der Waals surface area (Å²) in [5.74, 6) is 0.0890. The molecule has 2 N–H and O–H groups in total. The van der Waals surface area contributed by atoms with Gasteiger partial charge in [-0.3, -0.25) is 4.79 Å². The summed E-state index contributed by atoms with van der Waals surface area (Å²) >= 11 is 0. The smallest absolute Gasteiger partial charge is 0.237 e. The van der Waals surface area contributed by atoms with Gasteiger partial charge in [0.05, 0.1) is 6.04 Å². The molecule has 10 heavy (non-hydrogen) atoms. The van der Waals surface area contributed by atoms with Crippen molar-refractivity contribution in [2.24, 2.45) is 0 Å². The second kappa shape index (κ2) is 3.37. The highest BCUT2D eigenvalue weighted by Crippen LogP contribution is 1.95. The monoisotopic (exact) mass is 140 g/mol. The summed E-state index contributed by atoms with van der Waals surface area (Å²) in [5.41, 5.74) is 0. The zero-order chi connectivity index (χ0) is 7.40. The van der Waals surface area contributed by atoms with Crippen LogP contribution >= 0.6 is 0 Å². The molecule has 0 aromatic rings. The molecule has 1 amide bonds. The summed E-state index contributed by atoms with van der Waals surface area (Å²) in [7, 11) is 0. The Labute approximate surface area is 60.5 Å². The first-order valence-electron chi connectivity index (χ1n) is 3.46. The highest BCUT2D eigenvalue weighted by atomic mass is 16.2. The van der Waals surface area contributed by atoms with Gasteiger partial charge in [0.1, 0.15) is 0 Å². The maximum Gasteiger partial charge on any atom is 0.237 e. The van der Waals surface area contributed by atoms with E-state index in [1.54, 1.807) is 6.08 Å². The largest absolute Gasteiger partial charge is 0.353 e. The number of carbonyl (C=O) groups is 1. The first kappa shape index (κ1) is 7.28. The third-order valence-corrected chi connectivity index (χ3v) is 1.53. The summed E-state index contributed by atoms with van der Waals surface area (Å²) in [4.78, 5) is 11.0. The molecule has 3 heteroatoms. The maximum absolute atomic E-state index is 11.0. The van der Waals surface area contributed by atoms with Crippen LogP contribution in [0.1, 0.15) is 6.42 Å². The molecule has 1 heterocycles. The van der Waals surface area contributed by atoms with Gasteiger partial charge in [0.25, 0.3) is 0 Å². The summed E-state index contributed by atoms with van der Waals surface area (Å²) in [6, 6.07) is -0.0498. The van der Waals surface area contributed by atoms with Gasteiger partial charge in [-0.05, 0) is 6.42 Å². The molecular weight excluding hydrogens is 128 g/mol. The number of amides is 1. The van der Waals surface area contributed by atoms with Crippen molar-refractivity contribution in [3.63, 3.8) is 0 Å². The molecule has 1 fully saturated rings. The van der Waals surface area contributed by atoms with E-state index < -0.39 is 0 Å². The Hall–Kier alpha value is -0.830. The van der Waals surface area contributed by atoms with Crippen LogP contribution in [0.5, 0.6) is 0 Å². The number of hydrogen-bond donors (Lipinski definition) is 2. The van der Waals surface area contributed by atoms with Crippen molar-refractivity contribution in [3.05, 3.63) is 12.7 Å². The van der Waals surface area contributed by atoms with E-state index in [4.69, 9.17) is 0 Å². The van der Waals surface area contributed by atoms with E-state index in [-0.39, 0.29) is 11.9 Å². The van der Waals surface area contributed by atoms with Gasteiger partial charge in [-0.25, -0.2) is 0 Å². The average molecular weight is 140 g/mol. The molecule has 1 atom stereocenters. The Morgan fingerprint density at radius 1 is 1.70 bits per heavy atom. The lowest BCUT2D eigenvalue weighted by Gasteiger charge is -2.21. The molecule has 56 valence electrons. The molecule has 3 nitrogen and oxygen atoms in total. The molecule has 1 aliphatic rings. The van der Waals surface area contributed by atoms with E-state index in [2.05, 4.69) is 17.2 Å². The lowest BCUT2D eigenvalue weighted by atomic mass is 10.1. The number of nitrogens with one attached hydrogen (secondary N) is 2. The third kappa shape index (κ3) is 1.57. The minimum absolute atomic E-state index is 0.0498. The van der Waals surface area contributed by atoms with Gasteiger partial charge in [-0.15, -0.1) is 6.58 Å². The Bertz CT molecular complexity index is 145. The lowest BCUT2D eigenvalue weighted by Crippen LogP contribution is -2.52. The predicted molar refractivity (Wildman–Crippen MR) is 39.6 cm³/mol. The summed E-state index contributed by atoms with van der Waals surface area (Å²) in [6.07, 6.45) is 2.47. The summed E-state index contributed by atoms with van der Waals surface area (Å²) in [6.45, 7) is 5.18. The average Bonchev–Trinajstić information content (AvgIpc) is 1.94. The number of carbonyl (C=O) groups excluding carboxylic acids is 1. The molecule has 1 rings (SSSR count). The summed E-state index contributed by atoms with van der Waals surface area (Å²) < 4.78 is 0. The topological polar surface area (TPSA) is 41.1 Å². The first-order chi connectivity index (χ1) is 4.84. The SMILES string of the molecule is C=CCC1NCCNC1=O. The van der Waals surface area contributed by atoms with Crippen LogP contribution in [0.25, 0.3) is 0 Å². The van der Waals surface area contributed by atoms with Crippen molar-refractivity contribution in [1.29, 1.82) is 0 Å². The van der Waals surface area contributed by atoms with E-state index >= 15 is 0 Å². The molecule has 0 saturated carbocycles. The first-order valence-corrected chi connectivity index (χ1v) is 3.46. The second-order valence-corrected chi connectivity index (χ2v) is 2.32. The fourth-order valence-corrected chi connectivity index (χ4v) is 1.01. The number of rotatable bonds is 2. The molecule has 1 saturated heterocycles. The highest BCUT2D eigenvalue weighted by molar-refractivity contribution is 5.82. The Balaban J connectivity index is 2.39. The second-order valence-electron chi connectivity index (χ2n) is 2.32.